The normalized spacial score (nSPS) is 15.3. The maximum Gasteiger partial charge on any atom is 0.191 e. The van der Waals surface area contributed by atoms with Gasteiger partial charge in [0.2, 0.25) is 0 Å². The van der Waals surface area contributed by atoms with Gasteiger partial charge in [0.15, 0.2) is 10.3 Å². The molecule has 0 amide bonds. The van der Waals surface area contributed by atoms with Crippen molar-refractivity contribution >= 4 is 28.2 Å². The van der Waals surface area contributed by atoms with Gasteiger partial charge in [-0.15, -0.1) is 21.5 Å². The molecule has 0 unspecified atom stereocenters. The van der Waals surface area contributed by atoms with E-state index >= 15 is 0 Å². The highest BCUT2D eigenvalue weighted by Crippen LogP contribution is 2.27. The van der Waals surface area contributed by atoms with Crippen LogP contribution >= 0.6 is 23.1 Å². The number of nitrogens with zero attached hydrogens (tertiary/aromatic N) is 4. The Morgan fingerprint density at radius 1 is 1.33 bits per heavy atom. The van der Waals surface area contributed by atoms with Crippen LogP contribution in [0.25, 0.3) is 0 Å². The Morgan fingerprint density at radius 3 is 3.11 bits per heavy atom. The Labute approximate surface area is 114 Å². The van der Waals surface area contributed by atoms with Gasteiger partial charge in [0.25, 0.3) is 0 Å². The first-order valence-corrected chi connectivity index (χ1v) is 7.88. The zero-order valence-electron chi connectivity index (χ0n) is 10.0. The van der Waals surface area contributed by atoms with Gasteiger partial charge in [-0.3, -0.25) is 0 Å². The molecule has 0 saturated heterocycles. The Bertz CT molecular complexity index is 533. The molecule has 0 aromatic carbocycles. The zero-order chi connectivity index (χ0) is 12.4. The maximum atomic E-state index is 5.62. The lowest BCUT2D eigenvalue weighted by atomic mass is 10.2. The first-order valence-electron chi connectivity index (χ1n) is 6.08. The number of aryl methyl sites for hydroxylation is 1. The lowest BCUT2D eigenvalue weighted by molar-refractivity contribution is 0.591. The minimum absolute atomic E-state index is 0.630. The topological polar surface area (TPSA) is 69.6 Å². The van der Waals surface area contributed by atoms with Gasteiger partial charge in [0.1, 0.15) is 5.82 Å². The standard InChI is InChI=1S/C11H15N5S2/c12-10-13-6-8(18-10)7-17-11-15-14-9-4-2-1-3-5-16(9)11/h6H,1-5,7H2,(H2,12,13). The molecule has 18 heavy (non-hydrogen) atoms. The van der Waals surface area contributed by atoms with Gasteiger partial charge >= 0.3 is 0 Å². The van der Waals surface area contributed by atoms with Crippen molar-refractivity contribution in [2.45, 2.75) is 43.1 Å². The van der Waals surface area contributed by atoms with Crippen LogP contribution in [0.15, 0.2) is 11.4 Å². The first-order chi connectivity index (χ1) is 8.83. The predicted octanol–water partition coefficient (Wildman–Crippen LogP) is 2.34. The van der Waals surface area contributed by atoms with Gasteiger partial charge in [0.05, 0.1) is 0 Å². The van der Waals surface area contributed by atoms with Crippen molar-refractivity contribution in [1.29, 1.82) is 0 Å². The molecule has 0 aliphatic carbocycles. The summed E-state index contributed by atoms with van der Waals surface area (Å²) in [6.45, 7) is 1.05. The highest BCUT2D eigenvalue weighted by molar-refractivity contribution is 7.98. The minimum atomic E-state index is 0.630. The van der Waals surface area contributed by atoms with Crippen LogP contribution in [0.4, 0.5) is 5.13 Å². The van der Waals surface area contributed by atoms with Crippen molar-refractivity contribution in [3.8, 4) is 0 Å². The SMILES string of the molecule is Nc1ncc(CSc2nnc3n2CCCCC3)s1. The van der Waals surface area contributed by atoms with E-state index in [1.165, 1.54) is 35.5 Å². The largest absolute Gasteiger partial charge is 0.375 e. The van der Waals surface area contributed by atoms with Crippen LogP contribution < -0.4 is 5.73 Å². The third-order valence-corrected chi connectivity index (χ3v) is 5.02. The lowest BCUT2D eigenvalue weighted by Crippen LogP contribution is -2.02. The zero-order valence-corrected chi connectivity index (χ0v) is 11.6. The summed E-state index contributed by atoms with van der Waals surface area (Å²) in [5.74, 6) is 2.01. The van der Waals surface area contributed by atoms with Crippen molar-refractivity contribution in [1.82, 2.24) is 19.7 Å². The van der Waals surface area contributed by atoms with E-state index in [1.807, 2.05) is 6.20 Å². The molecule has 5 nitrogen and oxygen atoms in total. The van der Waals surface area contributed by atoms with Crippen molar-refractivity contribution < 1.29 is 0 Å². The third-order valence-electron chi connectivity index (χ3n) is 2.99. The molecule has 7 heteroatoms. The number of anilines is 1. The molecule has 0 fully saturated rings. The quantitative estimate of drug-likeness (QED) is 0.874. The fourth-order valence-electron chi connectivity index (χ4n) is 2.09. The van der Waals surface area contributed by atoms with Crippen LogP contribution in [0.5, 0.6) is 0 Å². The van der Waals surface area contributed by atoms with Crippen molar-refractivity contribution in [2.24, 2.45) is 0 Å². The van der Waals surface area contributed by atoms with Gasteiger partial charge in [-0.1, -0.05) is 18.2 Å². The third kappa shape index (κ3) is 2.51. The molecule has 2 N–H and O–H groups in total. The second-order valence-electron chi connectivity index (χ2n) is 4.31. The Morgan fingerprint density at radius 2 is 2.28 bits per heavy atom. The van der Waals surface area contributed by atoms with E-state index in [0.717, 1.165) is 29.7 Å². The van der Waals surface area contributed by atoms with Crippen LogP contribution in [-0.2, 0) is 18.7 Å². The molecule has 3 rings (SSSR count). The molecule has 0 spiro atoms. The number of thioether (sulfide) groups is 1. The summed E-state index contributed by atoms with van der Waals surface area (Å²) in [5.41, 5.74) is 5.62. The molecular weight excluding hydrogens is 266 g/mol. The van der Waals surface area contributed by atoms with Crippen molar-refractivity contribution in [3.05, 3.63) is 16.9 Å². The summed E-state index contributed by atoms with van der Waals surface area (Å²) in [7, 11) is 0. The van der Waals surface area contributed by atoms with E-state index in [0.29, 0.717) is 5.13 Å². The minimum Gasteiger partial charge on any atom is -0.375 e. The van der Waals surface area contributed by atoms with Gasteiger partial charge in [-0.05, 0) is 12.8 Å². The lowest BCUT2D eigenvalue weighted by Gasteiger charge is -2.05. The number of thiazole rings is 1. The number of nitrogens with two attached hydrogens (primary N) is 1. The molecule has 2 aromatic heterocycles. The Balaban J connectivity index is 1.71. The van der Waals surface area contributed by atoms with Gasteiger partial charge in [-0.25, -0.2) is 4.98 Å². The summed E-state index contributed by atoms with van der Waals surface area (Å²) in [6.07, 6.45) is 6.65. The summed E-state index contributed by atoms with van der Waals surface area (Å²) in [4.78, 5) is 5.24. The summed E-state index contributed by atoms with van der Waals surface area (Å²) in [5, 5.41) is 10.2. The molecule has 96 valence electrons. The van der Waals surface area contributed by atoms with E-state index in [9.17, 15) is 0 Å². The van der Waals surface area contributed by atoms with Crippen LogP contribution in [0.2, 0.25) is 0 Å². The second-order valence-corrected chi connectivity index (χ2v) is 6.40. The van der Waals surface area contributed by atoms with Crippen molar-refractivity contribution in [3.63, 3.8) is 0 Å². The summed E-state index contributed by atoms with van der Waals surface area (Å²) < 4.78 is 2.27. The van der Waals surface area contributed by atoms with E-state index in [2.05, 4.69) is 19.7 Å². The van der Waals surface area contributed by atoms with Crippen LogP contribution in [0.1, 0.15) is 30.0 Å². The number of hydrogen-bond donors (Lipinski definition) is 1. The van der Waals surface area contributed by atoms with Crippen LogP contribution in [0.3, 0.4) is 0 Å². The van der Waals surface area contributed by atoms with Gasteiger partial charge in [-0.2, -0.15) is 0 Å². The molecule has 0 bridgehead atoms. The molecule has 0 radical (unpaired) electrons. The Kier molecular flexibility index (Phi) is 3.51. The first kappa shape index (κ1) is 12.0. The number of fused-ring (bicyclic) bond motifs is 1. The van der Waals surface area contributed by atoms with E-state index in [4.69, 9.17) is 5.73 Å². The van der Waals surface area contributed by atoms with Gasteiger partial charge < -0.3 is 10.3 Å². The molecule has 0 atom stereocenters. The van der Waals surface area contributed by atoms with E-state index < -0.39 is 0 Å². The van der Waals surface area contributed by atoms with Crippen LogP contribution in [-0.4, -0.2) is 19.7 Å². The fraction of sp³-hybridized carbons (Fsp3) is 0.545. The maximum absolute atomic E-state index is 5.62. The number of aromatic nitrogens is 4. The Hall–Kier alpha value is -1.08. The van der Waals surface area contributed by atoms with E-state index in [-0.39, 0.29) is 0 Å². The predicted molar refractivity (Wildman–Crippen MR) is 73.7 cm³/mol. The molecule has 1 aliphatic heterocycles. The average molecular weight is 281 g/mol. The second kappa shape index (κ2) is 5.27. The molecule has 1 aliphatic rings. The highest BCUT2D eigenvalue weighted by atomic mass is 32.2. The molecule has 3 heterocycles. The highest BCUT2D eigenvalue weighted by Gasteiger charge is 2.15. The van der Waals surface area contributed by atoms with Crippen molar-refractivity contribution in [2.75, 3.05) is 5.73 Å². The molecule has 2 aromatic rings. The number of nitrogen functional groups attached to an aromatic ring is 1. The summed E-state index contributed by atoms with van der Waals surface area (Å²) in [6, 6.07) is 0. The fourth-order valence-corrected chi connectivity index (χ4v) is 3.78. The smallest absolute Gasteiger partial charge is 0.191 e. The average Bonchev–Trinajstić information content (AvgIpc) is 2.87. The van der Waals surface area contributed by atoms with Gasteiger partial charge in [0, 0.05) is 29.8 Å². The monoisotopic (exact) mass is 281 g/mol. The van der Waals surface area contributed by atoms with E-state index in [1.54, 1.807) is 11.8 Å². The number of hydrogen-bond acceptors (Lipinski definition) is 6. The molecule has 0 saturated carbocycles. The molecular formula is C11H15N5S2. The summed E-state index contributed by atoms with van der Waals surface area (Å²) >= 11 is 3.26. The van der Waals surface area contributed by atoms with Crippen LogP contribution in [0, 0.1) is 0 Å². The number of rotatable bonds is 3.